The predicted octanol–water partition coefficient (Wildman–Crippen LogP) is 1.78. The molecule has 0 spiro atoms. The zero-order valence-corrected chi connectivity index (χ0v) is 11.5. The van der Waals surface area contributed by atoms with Crippen molar-refractivity contribution in [3.63, 3.8) is 0 Å². The number of hydrogen-bond donors (Lipinski definition) is 2. The van der Waals surface area contributed by atoms with Gasteiger partial charge in [0.05, 0.1) is 5.75 Å². The third-order valence-corrected chi connectivity index (χ3v) is 4.83. The SMILES string of the molecule is CNC1CCCC1CCSCC(=O)NC1CC1. The van der Waals surface area contributed by atoms with Gasteiger partial charge in [-0.1, -0.05) is 6.42 Å². The van der Waals surface area contributed by atoms with E-state index >= 15 is 0 Å². The average Bonchev–Trinajstić information content (AvgIpc) is 3.01. The molecule has 2 aliphatic rings. The second kappa shape index (κ2) is 6.64. The Balaban J connectivity index is 1.51. The summed E-state index contributed by atoms with van der Waals surface area (Å²) in [7, 11) is 2.07. The van der Waals surface area contributed by atoms with Crippen LogP contribution in [-0.2, 0) is 4.79 Å². The van der Waals surface area contributed by atoms with Crippen molar-refractivity contribution in [1.82, 2.24) is 10.6 Å². The molecular weight excluding hydrogens is 232 g/mol. The van der Waals surface area contributed by atoms with Gasteiger partial charge in [0.2, 0.25) is 5.91 Å². The average molecular weight is 256 g/mol. The van der Waals surface area contributed by atoms with Crippen LogP contribution in [0.15, 0.2) is 0 Å². The summed E-state index contributed by atoms with van der Waals surface area (Å²) in [6, 6.07) is 1.22. The van der Waals surface area contributed by atoms with E-state index in [1.165, 1.54) is 38.5 Å². The Morgan fingerprint density at radius 2 is 2.12 bits per heavy atom. The van der Waals surface area contributed by atoms with Crippen molar-refractivity contribution in [2.75, 3.05) is 18.6 Å². The van der Waals surface area contributed by atoms with E-state index < -0.39 is 0 Å². The second-order valence-corrected chi connectivity index (χ2v) is 6.37. The molecule has 0 aromatic rings. The van der Waals surface area contributed by atoms with E-state index in [2.05, 4.69) is 17.7 Å². The van der Waals surface area contributed by atoms with Gasteiger partial charge in [-0.15, -0.1) is 0 Å². The van der Waals surface area contributed by atoms with Crippen molar-refractivity contribution in [3.05, 3.63) is 0 Å². The summed E-state index contributed by atoms with van der Waals surface area (Å²) >= 11 is 1.79. The van der Waals surface area contributed by atoms with Crippen LogP contribution in [0.1, 0.15) is 38.5 Å². The van der Waals surface area contributed by atoms with Crippen molar-refractivity contribution >= 4 is 17.7 Å². The van der Waals surface area contributed by atoms with Gasteiger partial charge in [0, 0.05) is 12.1 Å². The Labute approximate surface area is 108 Å². The van der Waals surface area contributed by atoms with E-state index in [4.69, 9.17) is 0 Å². The third-order valence-electron chi connectivity index (χ3n) is 3.84. The summed E-state index contributed by atoms with van der Waals surface area (Å²) < 4.78 is 0. The molecule has 3 nitrogen and oxygen atoms in total. The minimum absolute atomic E-state index is 0.231. The maximum absolute atomic E-state index is 11.5. The number of thioether (sulfide) groups is 1. The van der Waals surface area contributed by atoms with Crippen molar-refractivity contribution in [1.29, 1.82) is 0 Å². The Morgan fingerprint density at radius 1 is 1.29 bits per heavy atom. The molecule has 2 N–H and O–H groups in total. The van der Waals surface area contributed by atoms with Crippen LogP contribution in [0.3, 0.4) is 0 Å². The summed E-state index contributed by atoms with van der Waals surface area (Å²) in [6.07, 6.45) is 7.68. The zero-order valence-electron chi connectivity index (χ0n) is 10.7. The van der Waals surface area contributed by atoms with E-state index in [0.29, 0.717) is 11.8 Å². The minimum Gasteiger partial charge on any atom is -0.353 e. The smallest absolute Gasteiger partial charge is 0.230 e. The van der Waals surface area contributed by atoms with Gasteiger partial charge in [0.15, 0.2) is 0 Å². The molecule has 0 aliphatic heterocycles. The van der Waals surface area contributed by atoms with E-state index in [9.17, 15) is 4.79 Å². The molecular formula is C13H24N2OS. The van der Waals surface area contributed by atoms with Gasteiger partial charge in [-0.2, -0.15) is 11.8 Å². The molecule has 98 valence electrons. The molecule has 2 fully saturated rings. The normalized spacial score (nSPS) is 28.3. The van der Waals surface area contributed by atoms with Crippen LogP contribution in [-0.4, -0.2) is 36.5 Å². The van der Waals surface area contributed by atoms with Crippen LogP contribution in [0.5, 0.6) is 0 Å². The largest absolute Gasteiger partial charge is 0.353 e. The maximum atomic E-state index is 11.5. The van der Waals surface area contributed by atoms with Crippen LogP contribution in [0, 0.1) is 5.92 Å². The molecule has 2 saturated carbocycles. The van der Waals surface area contributed by atoms with Crippen molar-refractivity contribution in [2.45, 2.75) is 50.6 Å². The zero-order chi connectivity index (χ0) is 12.1. The highest BCUT2D eigenvalue weighted by Crippen LogP contribution is 2.29. The summed E-state index contributed by atoms with van der Waals surface area (Å²) in [5, 5.41) is 6.44. The number of rotatable bonds is 7. The van der Waals surface area contributed by atoms with Crippen LogP contribution >= 0.6 is 11.8 Å². The first-order valence-corrected chi connectivity index (χ1v) is 7.99. The fourth-order valence-electron chi connectivity index (χ4n) is 2.66. The lowest BCUT2D eigenvalue weighted by Crippen LogP contribution is -2.29. The van der Waals surface area contributed by atoms with E-state index in [0.717, 1.165) is 17.7 Å². The van der Waals surface area contributed by atoms with E-state index in [1.807, 2.05) is 0 Å². The van der Waals surface area contributed by atoms with E-state index in [1.54, 1.807) is 11.8 Å². The van der Waals surface area contributed by atoms with E-state index in [-0.39, 0.29) is 5.91 Å². The molecule has 2 atom stereocenters. The number of amides is 1. The van der Waals surface area contributed by atoms with Gasteiger partial charge in [-0.3, -0.25) is 4.79 Å². The molecule has 0 heterocycles. The lowest BCUT2D eigenvalue weighted by atomic mass is 10.0. The third kappa shape index (κ3) is 4.51. The first kappa shape index (κ1) is 13.2. The number of carbonyl (C=O) groups is 1. The topological polar surface area (TPSA) is 41.1 Å². The minimum atomic E-state index is 0.231. The van der Waals surface area contributed by atoms with Gasteiger partial charge in [0.25, 0.3) is 0 Å². The molecule has 2 rings (SSSR count). The maximum Gasteiger partial charge on any atom is 0.230 e. The number of nitrogens with one attached hydrogen (secondary N) is 2. The highest BCUT2D eigenvalue weighted by molar-refractivity contribution is 7.99. The van der Waals surface area contributed by atoms with Crippen molar-refractivity contribution in [3.8, 4) is 0 Å². The Bertz CT molecular complexity index is 256. The summed E-state index contributed by atoms with van der Waals surface area (Å²) in [5.74, 6) is 2.84. The molecule has 4 heteroatoms. The van der Waals surface area contributed by atoms with Crippen LogP contribution in [0.4, 0.5) is 0 Å². The van der Waals surface area contributed by atoms with Gasteiger partial charge in [-0.05, 0) is 50.8 Å². The fourth-order valence-corrected chi connectivity index (χ4v) is 3.54. The number of carbonyl (C=O) groups excluding carboxylic acids is 1. The Kier molecular flexibility index (Phi) is 5.16. The summed E-state index contributed by atoms with van der Waals surface area (Å²) in [5.41, 5.74) is 0. The first-order chi connectivity index (χ1) is 8.29. The highest BCUT2D eigenvalue weighted by Gasteiger charge is 2.25. The molecule has 17 heavy (non-hydrogen) atoms. The Morgan fingerprint density at radius 3 is 2.82 bits per heavy atom. The lowest BCUT2D eigenvalue weighted by molar-refractivity contribution is -0.118. The molecule has 1 amide bonds. The molecule has 2 aliphatic carbocycles. The van der Waals surface area contributed by atoms with Gasteiger partial charge < -0.3 is 10.6 Å². The summed E-state index contributed by atoms with van der Waals surface area (Å²) in [4.78, 5) is 11.5. The molecule has 0 saturated heterocycles. The molecule has 0 radical (unpaired) electrons. The lowest BCUT2D eigenvalue weighted by Gasteiger charge is -2.18. The van der Waals surface area contributed by atoms with Crippen LogP contribution in [0.25, 0.3) is 0 Å². The van der Waals surface area contributed by atoms with Crippen LogP contribution < -0.4 is 10.6 Å². The first-order valence-electron chi connectivity index (χ1n) is 6.84. The molecule has 0 bridgehead atoms. The Hall–Kier alpha value is -0.220. The van der Waals surface area contributed by atoms with Crippen molar-refractivity contribution < 1.29 is 4.79 Å². The monoisotopic (exact) mass is 256 g/mol. The van der Waals surface area contributed by atoms with Gasteiger partial charge in [-0.25, -0.2) is 0 Å². The molecule has 0 aromatic carbocycles. The van der Waals surface area contributed by atoms with Gasteiger partial charge in [0.1, 0.15) is 0 Å². The van der Waals surface area contributed by atoms with Crippen LogP contribution in [0.2, 0.25) is 0 Å². The van der Waals surface area contributed by atoms with Crippen molar-refractivity contribution in [2.24, 2.45) is 5.92 Å². The molecule has 2 unspecified atom stereocenters. The highest BCUT2D eigenvalue weighted by atomic mass is 32.2. The quantitative estimate of drug-likeness (QED) is 0.682. The van der Waals surface area contributed by atoms with Gasteiger partial charge >= 0.3 is 0 Å². The second-order valence-electron chi connectivity index (χ2n) is 5.27. The number of hydrogen-bond acceptors (Lipinski definition) is 3. The standard InChI is InChI=1S/C13H24N2OS/c1-14-12-4-2-3-10(12)7-8-17-9-13(16)15-11-5-6-11/h10-12,14H,2-9H2,1H3,(H,15,16). The fraction of sp³-hybridized carbons (Fsp3) is 0.923. The molecule has 0 aromatic heterocycles. The predicted molar refractivity (Wildman–Crippen MR) is 73.3 cm³/mol. The summed E-state index contributed by atoms with van der Waals surface area (Å²) in [6.45, 7) is 0.